The molecule has 140 valence electrons. The first kappa shape index (κ1) is 17.6. The Balaban J connectivity index is 2.19. The van der Waals surface area contributed by atoms with Crippen LogP contribution in [0.2, 0.25) is 0 Å². The number of carbonyl (C=O) groups excluding carboxylic acids is 2. The van der Waals surface area contributed by atoms with Crippen molar-refractivity contribution in [2.45, 2.75) is 40.2 Å². The second-order valence-electron chi connectivity index (χ2n) is 6.79. The van der Waals surface area contributed by atoms with E-state index in [1.165, 1.54) is 0 Å². The van der Waals surface area contributed by atoms with E-state index < -0.39 is 11.9 Å². The molecule has 3 aromatic rings. The average molecular weight is 365 g/mol. The zero-order valence-corrected chi connectivity index (χ0v) is 15.9. The van der Waals surface area contributed by atoms with Gasteiger partial charge in [-0.05, 0) is 50.8 Å². The fourth-order valence-corrected chi connectivity index (χ4v) is 4.36. The molecule has 0 N–H and O–H groups in total. The number of benzene rings is 2. The van der Waals surface area contributed by atoms with Crippen LogP contribution in [0.1, 0.15) is 52.1 Å². The fourth-order valence-electron chi connectivity index (χ4n) is 4.36. The zero-order chi connectivity index (χ0) is 19.1. The van der Waals surface area contributed by atoms with Gasteiger partial charge in [0.15, 0.2) is 0 Å². The minimum absolute atomic E-state index is 0.260. The van der Waals surface area contributed by atoms with Gasteiger partial charge in [0.2, 0.25) is 0 Å². The SMILES string of the molecule is CCOC(=O)c1c(C(=O)OCC)c2c3c(c1C)c1ccccc1n3CCC2. The molecular formula is C22H23NO4. The number of ether oxygens (including phenoxy) is 2. The number of fused-ring (bicyclic) bond motifs is 3. The monoisotopic (exact) mass is 365 g/mol. The highest BCUT2D eigenvalue weighted by Gasteiger charge is 2.32. The van der Waals surface area contributed by atoms with Gasteiger partial charge in [-0.1, -0.05) is 18.2 Å². The molecule has 0 saturated heterocycles. The summed E-state index contributed by atoms with van der Waals surface area (Å²) in [6.07, 6.45) is 1.66. The number of aromatic nitrogens is 1. The third kappa shape index (κ3) is 2.52. The molecule has 0 unspecified atom stereocenters. The number of rotatable bonds is 4. The normalized spacial score (nSPS) is 13.1. The summed E-state index contributed by atoms with van der Waals surface area (Å²) in [6.45, 7) is 6.87. The largest absolute Gasteiger partial charge is 0.462 e. The van der Waals surface area contributed by atoms with Crippen molar-refractivity contribution in [2.24, 2.45) is 0 Å². The Morgan fingerprint density at radius 2 is 1.70 bits per heavy atom. The number of nitrogens with zero attached hydrogens (tertiary/aromatic N) is 1. The summed E-state index contributed by atoms with van der Waals surface area (Å²) in [5.74, 6) is -0.905. The van der Waals surface area contributed by atoms with Gasteiger partial charge in [-0.25, -0.2) is 9.59 Å². The lowest BCUT2D eigenvalue weighted by atomic mass is 9.88. The smallest absolute Gasteiger partial charge is 0.339 e. The minimum Gasteiger partial charge on any atom is -0.462 e. The summed E-state index contributed by atoms with van der Waals surface area (Å²) in [5.41, 5.74) is 4.60. The molecule has 27 heavy (non-hydrogen) atoms. The van der Waals surface area contributed by atoms with Crippen molar-refractivity contribution in [1.29, 1.82) is 0 Å². The molecule has 1 aliphatic heterocycles. The van der Waals surface area contributed by atoms with Crippen LogP contribution >= 0.6 is 0 Å². The second kappa shape index (κ2) is 6.72. The quantitative estimate of drug-likeness (QED) is 0.643. The van der Waals surface area contributed by atoms with E-state index in [4.69, 9.17) is 9.47 Å². The summed E-state index contributed by atoms with van der Waals surface area (Å²) >= 11 is 0. The van der Waals surface area contributed by atoms with Crippen LogP contribution in [-0.2, 0) is 22.4 Å². The van der Waals surface area contributed by atoms with E-state index in [0.717, 1.165) is 52.3 Å². The first-order chi connectivity index (χ1) is 13.1. The Labute approximate surface area is 157 Å². The van der Waals surface area contributed by atoms with Crippen molar-refractivity contribution < 1.29 is 19.1 Å². The van der Waals surface area contributed by atoms with Gasteiger partial charge in [-0.3, -0.25) is 0 Å². The maximum absolute atomic E-state index is 12.9. The van der Waals surface area contributed by atoms with Crippen LogP contribution in [0.25, 0.3) is 21.8 Å². The van der Waals surface area contributed by atoms with Crippen molar-refractivity contribution in [1.82, 2.24) is 4.57 Å². The predicted molar refractivity (Wildman–Crippen MR) is 104 cm³/mol. The highest BCUT2D eigenvalue weighted by Crippen LogP contribution is 2.41. The Morgan fingerprint density at radius 3 is 2.41 bits per heavy atom. The van der Waals surface area contributed by atoms with E-state index in [1.807, 2.05) is 19.1 Å². The molecule has 0 aliphatic carbocycles. The molecule has 0 amide bonds. The van der Waals surface area contributed by atoms with E-state index in [2.05, 4.69) is 16.7 Å². The first-order valence-electron chi connectivity index (χ1n) is 9.50. The van der Waals surface area contributed by atoms with Crippen molar-refractivity contribution in [3.8, 4) is 0 Å². The molecule has 2 heterocycles. The first-order valence-corrected chi connectivity index (χ1v) is 9.50. The molecule has 0 saturated carbocycles. The highest BCUT2D eigenvalue weighted by atomic mass is 16.5. The minimum atomic E-state index is -0.460. The molecule has 0 bridgehead atoms. The topological polar surface area (TPSA) is 57.5 Å². The Hall–Kier alpha value is -2.82. The lowest BCUT2D eigenvalue weighted by molar-refractivity contribution is 0.0477. The fraction of sp³-hybridized carbons (Fsp3) is 0.364. The van der Waals surface area contributed by atoms with E-state index in [9.17, 15) is 9.59 Å². The summed E-state index contributed by atoms with van der Waals surface area (Å²) in [6, 6.07) is 8.20. The Bertz CT molecular complexity index is 1080. The van der Waals surface area contributed by atoms with Crippen LogP contribution in [0.5, 0.6) is 0 Å². The molecule has 1 aliphatic rings. The van der Waals surface area contributed by atoms with Crippen LogP contribution in [0.4, 0.5) is 0 Å². The molecule has 0 fully saturated rings. The van der Waals surface area contributed by atoms with Crippen molar-refractivity contribution in [3.05, 3.63) is 46.5 Å². The van der Waals surface area contributed by atoms with Gasteiger partial charge in [-0.2, -0.15) is 0 Å². The summed E-state index contributed by atoms with van der Waals surface area (Å²) in [5, 5.41) is 2.14. The summed E-state index contributed by atoms with van der Waals surface area (Å²) in [7, 11) is 0. The molecule has 0 spiro atoms. The van der Waals surface area contributed by atoms with Crippen LogP contribution in [0.3, 0.4) is 0 Å². The maximum atomic E-state index is 12.9. The summed E-state index contributed by atoms with van der Waals surface area (Å²) in [4.78, 5) is 25.7. The average Bonchev–Trinajstić information content (AvgIpc) is 3.00. The number of aryl methyl sites for hydroxylation is 3. The van der Waals surface area contributed by atoms with Gasteiger partial charge < -0.3 is 14.0 Å². The molecule has 5 nitrogen and oxygen atoms in total. The van der Waals surface area contributed by atoms with Crippen LogP contribution < -0.4 is 0 Å². The van der Waals surface area contributed by atoms with Crippen LogP contribution in [0.15, 0.2) is 24.3 Å². The third-order valence-electron chi connectivity index (χ3n) is 5.33. The molecule has 5 heteroatoms. The van der Waals surface area contributed by atoms with Crippen molar-refractivity contribution in [3.63, 3.8) is 0 Å². The van der Waals surface area contributed by atoms with E-state index >= 15 is 0 Å². The van der Waals surface area contributed by atoms with Crippen LogP contribution in [0, 0.1) is 6.92 Å². The maximum Gasteiger partial charge on any atom is 0.339 e. The van der Waals surface area contributed by atoms with Gasteiger partial charge in [0.1, 0.15) is 0 Å². The molecular weight excluding hydrogens is 342 g/mol. The summed E-state index contributed by atoms with van der Waals surface area (Å²) < 4.78 is 12.9. The van der Waals surface area contributed by atoms with E-state index in [0.29, 0.717) is 11.1 Å². The standard InChI is InChI=1S/C22H23NO4/c1-4-26-21(24)18-13(3)17-14-9-6-7-11-16(14)23-12-8-10-15(20(17)23)19(18)22(25)27-5-2/h6-7,9,11H,4-5,8,10,12H2,1-3H3. The van der Waals surface area contributed by atoms with Gasteiger partial charge in [0.05, 0.1) is 29.9 Å². The van der Waals surface area contributed by atoms with Gasteiger partial charge in [0.25, 0.3) is 0 Å². The van der Waals surface area contributed by atoms with Gasteiger partial charge in [-0.15, -0.1) is 0 Å². The third-order valence-corrected chi connectivity index (χ3v) is 5.33. The van der Waals surface area contributed by atoms with Gasteiger partial charge >= 0.3 is 11.9 Å². The van der Waals surface area contributed by atoms with E-state index in [-0.39, 0.29) is 13.2 Å². The Kier molecular flexibility index (Phi) is 4.38. The number of esters is 2. The number of carbonyl (C=O) groups is 2. The molecule has 0 radical (unpaired) electrons. The lowest BCUT2D eigenvalue weighted by Gasteiger charge is -2.22. The second-order valence-corrected chi connectivity index (χ2v) is 6.79. The lowest BCUT2D eigenvalue weighted by Crippen LogP contribution is -2.21. The van der Waals surface area contributed by atoms with Crippen molar-refractivity contribution >= 4 is 33.7 Å². The highest BCUT2D eigenvalue weighted by molar-refractivity contribution is 6.18. The zero-order valence-electron chi connectivity index (χ0n) is 15.9. The number of para-hydroxylation sites is 1. The van der Waals surface area contributed by atoms with Crippen LogP contribution in [-0.4, -0.2) is 29.7 Å². The molecule has 4 rings (SSSR count). The number of hydrogen-bond donors (Lipinski definition) is 0. The molecule has 0 atom stereocenters. The molecule has 2 aromatic carbocycles. The predicted octanol–water partition coefficient (Wildman–Crippen LogP) is 4.40. The van der Waals surface area contributed by atoms with E-state index in [1.54, 1.807) is 13.8 Å². The molecule has 1 aromatic heterocycles. The van der Waals surface area contributed by atoms with Crippen molar-refractivity contribution in [2.75, 3.05) is 13.2 Å². The number of hydrogen-bond acceptors (Lipinski definition) is 4. The Morgan fingerprint density at radius 1 is 1.04 bits per heavy atom. The van der Waals surface area contributed by atoms with Gasteiger partial charge in [0, 0.05) is 22.8 Å².